The molecule has 0 aliphatic carbocycles. The number of nitrogens with two attached hydrogens (primary N) is 1. The first-order valence-electron chi connectivity index (χ1n) is 11.4. The fourth-order valence-corrected chi connectivity index (χ4v) is 5.69. The third-order valence-corrected chi connectivity index (χ3v) is 7.12. The van der Waals surface area contributed by atoms with Gasteiger partial charge in [-0.3, -0.25) is 4.68 Å². The van der Waals surface area contributed by atoms with Gasteiger partial charge in [0.1, 0.15) is 11.1 Å². The summed E-state index contributed by atoms with van der Waals surface area (Å²) in [5.74, 6) is 6.94. The van der Waals surface area contributed by atoms with E-state index in [-0.39, 0.29) is 0 Å². The fraction of sp³-hybridized carbons (Fsp3) is 0. The van der Waals surface area contributed by atoms with Crippen LogP contribution in [0.1, 0.15) is 0 Å². The Morgan fingerprint density at radius 3 is 1.94 bits per heavy atom. The van der Waals surface area contributed by atoms with Gasteiger partial charge in [-0.2, -0.15) is 0 Å². The number of nitrogen functional groups attached to an aromatic ring is 1. The number of rotatable bonds is 1. The van der Waals surface area contributed by atoms with Crippen LogP contribution in [0.4, 0.5) is 0 Å². The summed E-state index contributed by atoms with van der Waals surface area (Å²) in [7, 11) is 0. The maximum atomic E-state index is 6.94. The van der Waals surface area contributed by atoms with Crippen LogP contribution in [-0.2, 0) is 0 Å². The SMILES string of the molecule is Nn1c2c(ccc3c4ccccc4oc32)c2ccc3c4ccccc4n(-c4ccccc4)c3c21. The zero-order valence-electron chi connectivity index (χ0n) is 18.2. The zero-order valence-corrected chi connectivity index (χ0v) is 18.2. The van der Waals surface area contributed by atoms with E-state index in [2.05, 4.69) is 83.4 Å². The van der Waals surface area contributed by atoms with Gasteiger partial charge in [-0.15, -0.1) is 0 Å². The van der Waals surface area contributed by atoms with Crippen LogP contribution in [0.15, 0.2) is 108 Å². The predicted molar refractivity (Wildman–Crippen MR) is 141 cm³/mol. The summed E-state index contributed by atoms with van der Waals surface area (Å²) in [4.78, 5) is 0. The molecule has 0 spiro atoms. The molecule has 5 aromatic carbocycles. The van der Waals surface area contributed by atoms with E-state index in [1.165, 1.54) is 10.8 Å². The third-order valence-electron chi connectivity index (χ3n) is 7.12. The second kappa shape index (κ2) is 6.21. The van der Waals surface area contributed by atoms with Crippen LogP contribution in [0.5, 0.6) is 0 Å². The lowest BCUT2D eigenvalue weighted by atomic mass is 10.1. The molecule has 0 saturated heterocycles. The van der Waals surface area contributed by atoms with Crippen molar-refractivity contribution in [1.82, 2.24) is 9.24 Å². The molecule has 160 valence electrons. The van der Waals surface area contributed by atoms with E-state index in [1.807, 2.05) is 28.9 Å². The number of hydrogen-bond donors (Lipinski definition) is 1. The highest BCUT2D eigenvalue weighted by Gasteiger charge is 2.22. The summed E-state index contributed by atoms with van der Waals surface area (Å²) in [5, 5.41) is 6.79. The number of fused-ring (bicyclic) bond motifs is 11. The zero-order chi connectivity index (χ0) is 22.4. The molecule has 4 nitrogen and oxygen atoms in total. The Morgan fingerprint density at radius 2 is 1.12 bits per heavy atom. The molecule has 0 atom stereocenters. The molecule has 0 bridgehead atoms. The third kappa shape index (κ3) is 2.08. The lowest BCUT2D eigenvalue weighted by Crippen LogP contribution is -2.08. The molecule has 4 heteroatoms. The molecule has 8 aromatic rings. The first kappa shape index (κ1) is 17.8. The Bertz CT molecular complexity index is 2070. The molecule has 0 aliphatic rings. The quantitative estimate of drug-likeness (QED) is 0.270. The molecule has 34 heavy (non-hydrogen) atoms. The van der Waals surface area contributed by atoms with Gasteiger partial charge >= 0.3 is 0 Å². The summed E-state index contributed by atoms with van der Waals surface area (Å²) < 4.78 is 10.5. The highest BCUT2D eigenvalue weighted by molar-refractivity contribution is 6.27. The Balaban J connectivity index is 1.65. The maximum Gasteiger partial charge on any atom is 0.161 e. The molecule has 8 rings (SSSR count). The van der Waals surface area contributed by atoms with E-state index in [9.17, 15) is 0 Å². The number of hydrogen-bond acceptors (Lipinski definition) is 2. The summed E-state index contributed by atoms with van der Waals surface area (Å²) in [6.07, 6.45) is 0. The first-order valence-corrected chi connectivity index (χ1v) is 11.4. The Morgan fingerprint density at radius 1 is 0.500 bits per heavy atom. The minimum Gasteiger partial charge on any atom is -0.454 e. The van der Waals surface area contributed by atoms with Crippen LogP contribution < -0.4 is 5.84 Å². The minimum absolute atomic E-state index is 0.827. The Hall–Kier alpha value is -4.70. The van der Waals surface area contributed by atoms with Crippen molar-refractivity contribution in [1.29, 1.82) is 0 Å². The van der Waals surface area contributed by atoms with Gasteiger partial charge in [0.05, 0.1) is 16.6 Å². The van der Waals surface area contributed by atoms with Crippen molar-refractivity contribution >= 4 is 65.6 Å². The number of furan rings is 1. The van der Waals surface area contributed by atoms with Crippen molar-refractivity contribution in [3.8, 4) is 5.69 Å². The molecule has 0 fully saturated rings. The second-order valence-electron chi connectivity index (χ2n) is 8.85. The normalized spacial score (nSPS) is 12.2. The maximum absolute atomic E-state index is 6.94. The molecule has 0 radical (unpaired) electrons. The second-order valence-corrected chi connectivity index (χ2v) is 8.85. The Kier molecular flexibility index (Phi) is 3.25. The van der Waals surface area contributed by atoms with Gasteiger partial charge in [0, 0.05) is 38.0 Å². The highest BCUT2D eigenvalue weighted by Crippen LogP contribution is 2.42. The van der Waals surface area contributed by atoms with Crippen molar-refractivity contribution in [3.63, 3.8) is 0 Å². The first-order chi connectivity index (χ1) is 16.8. The van der Waals surface area contributed by atoms with E-state index < -0.39 is 0 Å². The van der Waals surface area contributed by atoms with Gasteiger partial charge in [-0.25, -0.2) is 0 Å². The molecule has 3 heterocycles. The average Bonchev–Trinajstić information content (AvgIpc) is 3.52. The van der Waals surface area contributed by atoms with Crippen molar-refractivity contribution in [2.24, 2.45) is 0 Å². The van der Waals surface area contributed by atoms with Gasteiger partial charge in [-0.05, 0) is 30.3 Å². The predicted octanol–water partition coefficient (Wildman–Crippen LogP) is 7.50. The number of aromatic nitrogens is 2. The topological polar surface area (TPSA) is 49.0 Å². The Labute approximate surface area is 194 Å². The van der Waals surface area contributed by atoms with Crippen LogP contribution in [-0.4, -0.2) is 9.24 Å². The van der Waals surface area contributed by atoms with Crippen LogP contribution >= 0.6 is 0 Å². The highest BCUT2D eigenvalue weighted by atomic mass is 16.3. The summed E-state index contributed by atoms with van der Waals surface area (Å²) >= 11 is 0. The van der Waals surface area contributed by atoms with Crippen LogP contribution in [0, 0.1) is 0 Å². The van der Waals surface area contributed by atoms with Crippen LogP contribution in [0.25, 0.3) is 71.2 Å². The summed E-state index contributed by atoms with van der Waals surface area (Å²) in [5.41, 5.74) is 7.00. The summed E-state index contributed by atoms with van der Waals surface area (Å²) in [6, 6.07) is 35.9. The monoisotopic (exact) mass is 437 g/mol. The van der Waals surface area contributed by atoms with Crippen molar-refractivity contribution in [2.45, 2.75) is 0 Å². The van der Waals surface area contributed by atoms with Crippen molar-refractivity contribution in [3.05, 3.63) is 103 Å². The number of benzene rings is 5. The lowest BCUT2D eigenvalue weighted by Gasteiger charge is -2.09. The van der Waals surface area contributed by atoms with E-state index in [0.717, 1.165) is 60.5 Å². The standard InChI is InChI=1S/C30H19N3O/c31-33-28-22(23-16-17-24-20-11-5-7-13-26(20)34-30(24)29(23)33)15-14-21-19-10-4-6-12-25(19)32(27(21)28)18-8-2-1-3-9-18/h1-17H,31H2. The summed E-state index contributed by atoms with van der Waals surface area (Å²) in [6.45, 7) is 0. The lowest BCUT2D eigenvalue weighted by molar-refractivity contribution is 0.671. The minimum atomic E-state index is 0.827. The smallest absolute Gasteiger partial charge is 0.161 e. The van der Waals surface area contributed by atoms with E-state index in [1.54, 1.807) is 0 Å². The molecule has 3 aromatic heterocycles. The van der Waals surface area contributed by atoms with Crippen molar-refractivity contribution in [2.75, 3.05) is 5.84 Å². The van der Waals surface area contributed by atoms with E-state index in [0.29, 0.717) is 0 Å². The van der Waals surface area contributed by atoms with Gasteiger partial charge in [0.2, 0.25) is 0 Å². The van der Waals surface area contributed by atoms with Gasteiger partial charge < -0.3 is 14.8 Å². The number of para-hydroxylation sites is 3. The molecule has 2 N–H and O–H groups in total. The van der Waals surface area contributed by atoms with E-state index >= 15 is 0 Å². The molecular weight excluding hydrogens is 418 g/mol. The van der Waals surface area contributed by atoms with Crippen LogP contribution in [0.2, 0.25) is 0 Å². The van der Waals surface area contributed by atoms with Gasteiger partial charge in [-0.1, -0.05) is 72.8 Å². The van der Waals surface area contributed by atoms with Gasteiger partial charge in [0.25, 0.3) is 0 Å². The van der Waals surface area contributed by atoms with Crippen molar-refractivity contribution < 1.29 is 4.42 Å². The average molecular weight is 438 g/mol. The van der Waals surface area contributed by atoms with Crippen LogP contribution in [0.3, 0.4) is 0 Å². The van der Waals surface area contributed by atoms with Gasteiger partial charge in [0.15, 0.2) is 5.58 Å². The molecule has 0 aliphatic heterocycles. The molecule has 0 unspecified atom stereocenters. The number of nitrogens with zero attached hydrogens (tertiary/aromatic N) is 2. The molecular formula is C30H19N3O. The largest absolute Gasteiger partial charge is 0.454 e. The molecule has 0 saturated carbocycles. The fourth-order valence-electron chi connectivity index (χ4n) is 5.69. The molecule has 0 amide bonds. The van der Waals surface area contributed by atoms with E-state index in [4.69, 9.17) is 10.3 Å².